The number of hydrogen-bond acceptors (Lipinski definition) is 3. The van der Waals surface area contributed by atoms with Crippen molar-refractivity contribution < 1.29 is 9.53 Å². The van der Waals surface area contributed by atoms with Crippen LogP contribution in [0.2, 0.25) is 0 Å². The van der Waals surface area contributed by atoms with Gasteiger partial charge in [0.15, 0.2) is 0 Å². The van der Waals surface area contributed by atoms with Crippen LogP contribution in [0.15, 0.2) is 36.9 Å². The van der Waals surface area contributed by atoms with Crippen LogP contribution in [-0.2, 0) is 9.53 Å². The number of fused-ring (bicyclic) bond motifs is 2. The Bertz CT molecular complexity index is 471. The SMILES string of the molecule is C=C(C(=O)OC1CC2CCC(C1)N2)c1ccccc1. The summed E-state index contributed by atoms with van der Waals surface area (Å²) in [5.74, 6) is -0.280. The van der Waals surface area contributed by atoms with Crippen molar-refractivity contribution in [3.05, 3.63) is 42.5 Å². The number of hydrogen-bond donors (Lipinski definition) is 1. The third-order valence-corrected chi connectivity index (χ3v) is 4.07. The molecule has 0 spiro atoms. The van der Waals surface area contributed by atoms with Crippen molar-refractivity contribution >= 4 is 11.5 Å². The molecule has 0 radical (unpaired) electrons. The molecule has 1 aromatic rings. The summed E-state index contributed by atoms with van der Waals surface area (Å²) in [6.07, 6.45) is 4.33. The number of piperidine rings is 1. The van der Waals surface area contributed by atoms with Gasteiger partial charge in [-0.05, 0) is 31.2 Å². The molecule has 2 bridgehead atoms. The molecule has 2 unspecified atom stereocenters. The molecule has 1 aromatic carbocycles. The van der Waals surface area contributed by atoms with Crippen molar-refractivity contribution in [1.29, 1.82) is 0 Å². The van der Waals surface area contributed by atoms with Crippen molar-refractivity contribution in [1.82, 2.24) is 5.32 Å². The highest BCUT2D eigenvalue weighted by atomic mass is 16.5. The number of benzene rings is 1. The predicted molar refractivity (Wildman–Crippen MR) is 74.5 cm³/mol. The first-order valence-corrected chi connectivity index (χ1v) is 6.94. The molecule has 100 valence electrons. The van der Waals surface area contributed by atoms with Gasteiger partial charge in [0.05, 0.1) is 5.57 Å². The quantitative estimate of drug-likeness (QED) is 0.668. The molecule has 1 N–H and O–H groups in total. The van der Waals surface area contributed by atoms with Gasteiger partial charge in [-0.2, -0.15) is 0 Å². The van der Waals surface area contributed by atoms with E-state index in [1.807, 2.05) is 30.3 Å². The van der Waals surface area contributed by atoms with E-state index in [1.165, 1.54) is 12.8 Å². The lowest BCUT2D eigenvalue weighted by Crippen LogP contribution is -2.42. The molecule has 2 fully saturated rings. The third-order valence-electron chi connectivity index (χ3n) is 4.07. The zero-order chi connectivity index (χ0) is 13.2. The predicted octanol–water partition coefficient (Wildman–Crippen LogP) is 2.53. The molecule has 3 heteroatoms. The highest BCUT2D eigenvalue weighted by Crippen LogP contribution is 2.29. The van der Waals surface area contributed by atoms with E-state index in [0.717, 1.165) is 18.4 Å². The first kappa shape index (κ1) is 12.4. The van der Waals surface area contributed by atoms with E-state index in [-0.39, 0.29) is 12.1 Å². The van der Waals surface area contributed by atoms with Gasteiger partial charge in [-0.15, -0.1) is 0 Å². The van der Waals surface area contributed by atoms with Gasteiger partial charge in [0.1, 0.15) is 6.10 Å². The largest absolute Gasteiger partial charge is 0.459 e. The molecule has 0 saturated carbocycles. The fraction of sp³-hybridized carbons (Fsp3) is 0.438. The van der Waals surface area contributed by atoms with E-state index >= 15 is 0 Å². The summed E-state index contributed by atoms with van der Waals surface area (Å²) in [7, 11) is 0. The van der Waals surface area contributed by atoms with Gasteiger partial charge in [0.25, 0.3) is 0 Å². The maximum absolute atomic E-state index is 12.1. The molecule has 2 heterocycles. The highest BCUT2D eigenvalue weighted by molar-refractivity contribution is 6.15. The number of esters is 1. The second-order valence-electron chi connectivity index (χ2n) is 5.48. The lowest BCUT2D eigenvalue weighted by atomic mass is 10.0. The Morgan fingerprint density at radius 2 is 1.79 bits per heavy atom. The maximum Gasteiger partial charge on any atom is 0.338 e. The van der Waals surface area contributed by atoms with Gasteiger partial charge >= 0.3 is 5.97 Å². The van der Waals surface area contributed by atoms with Crippen LogP contribution in [0, 0.1) is 0 Å². The maximum atomic E-state index is 12.1. The molecule has 2 aliphatic heterocycles. The van der Waals surface area contributed by atoms with Gasteiger partial charge in [-0.3, -0.25) is 0 Å². The molecule has 2 saturated heterocycles. The number of carbonyl (C=O) groups is 1. The Morgan fingerprint density at radius 3 is 2.42 bits per heavy atom. The van der Waals surface area contributed by atoms with Crippen LogP contribution in [0.25, 0.3) is 5.57 Å². The molecule has 0 aliphatic carbocycles. The van der Waals surface area contributed by atoms with Gasteiger partial charge in [0.2, 0.25) is 0 Å². The molecular weight excluding hydrogens is 238 g/mol. The minimum Gasteiger partial charge on any atom is -0.459 e. The summed E-state index contributed by atoms with van der Waals surface area (Å²) in [4.78, 5) is 12.1. The molecule has 19 heavy (non-hydrogen) atoms. The number of nitrogens with one attached hydrogen (secondary N) is 1. The lowest BCUT2D eigenvalue weighted by Gasteiger charge is -2.28. The minimum absolute atomic E-state index is 0.0479. The van der Waals surface area contributed by atoms with Crippen LogP contribution in [0.4, 0.5) is 0 Å². The first-order valence-electron chi connectivity index (χ1n) is 6.94. The van der Waals surface area contributed by atoms with E-state index in [4.69, 9.17) is 4.74 Å². The highest BCUT2D eigenvalue weighted by Gasteiger charge is 2.35. The minimum atomic E-state index is -0.280. The van der Waals surface area contributed by atoms with Crippen LogP contribution < -0.4 is 5.32 Å². The average molecular weight is 257 g/mol. The van der Waals surface area contributed by atoms with Crippen LogP contribution in [0.1, 0.15) is 31.2 Å². The smallest absolute Gasteiger partial charge is 0.338 e. The van der Waals surface area contributed by atoms with E-state index in [0.29, 0.717) is 17.7 Å². The van der Waals surface area contributed by atoms with E-state index in [2.05, 4.69) is 11.9 Å². The van der Waals surface area contributed by atoms with Crippen molar-refractivity contribution in [3.8, 4) is 0 Å². The number of carbonyl (C=O) groups excluding carboxylic acids is 1. The third kappa shape index (κ3) is 2.71. The Labute approximate surface area is 113 Å². The van der Waals surface area contributed by atoms with Crippen LogP contribution in [0.3, 0.4) is 0 Å². The molecule has 2 aliphatic rings. The van der Waals surface area contributed by atoms with Gasteiger partial charge in [-0.25, -0.2) is 4.79 Å². The van der Waals surface area contributed by atoms with Crippen LogP contribution >= 0.6 is 0 Å². The van der Waals surface area contributed by atoms with Gasteiger partial charge < -0.3 is 10.1 Å². The first-order chi connectivity index (χ1) is 9.22. The van der Waals surface area contributed by atoms with E-state index < -0.39 is 0 Å². The molecular formula is C16H19NO2. The van der Waals surface area contributed by atoms with Crippen LogP contribution in [0.5, 0.6) is 0 Å². The molecule has 3 rings (SSSR count). The molecule has 0 amide bonds. The Kier molecular flexibility index (Phi) is 3.38. The molecule has 0 aromatic heterocycles. The van der Waals surface area contributed by atoms with Crippen molar-refractivity contribution in [3.63, 3.8) is 0 Å². The summed E-state index contributed by atoms with van der Waals surface area (Å²) < 4.78 is 5.61. The summed E-state index contributed by atoms with van der Waals surface area (Å²) in [5.41, 5.74) is 1.29. The summed E-state index contributed by atoms with van der Waals surface area (Å²) in [5, 5.41) is 3.54. The second-order valence-corrected chi connectivity index (χ2v) is 5.48. The zero-order valence-electron chi connectivity index (χ0n) is 11.0. The monoisotopic (exact) mass is 257 g/mol. The van der Waals surface area contributed by atoms with Crippen LogP contribution in [-0.4, -0.2) is 24.2 Å². The number of ether oxygens (including phenoxy) is 1. The average Bonchev–Trinajstić information content (AvgIpc) is 2.78. The van der Waals surface area contributed by atoms with Crippen molar-refractivity contribution in [2.45, 2.75) is 43.9 Å². The molecule has 2 atom stereocenters. The Hall–Kier alpha value is -1.61. The normalized spacial score (nSPS) is 28.9. The van der Waals surface area contributed by atoms with Crippen molar-refractivity contribution in [2.24, 2.45) is 0 Å². The van der Waals surface area contributed by atoms with Crippen molar-refractivity contribution in [2.75, 3.05) is 0 Å². The fourth-order valence-electron chi connectivity index (χ4n) is 3.08. The Balaban J connectivity index is 1.61. The summed E-state index contributed by atoms with van der Waals surface area (Å²) in [6.45, 7) is 3.85. The Morgan fingerprint density at radius 1 is 1.16 bits per heavy atom. The molecule has 3 nitrogen and oxygen atoms in total. The van der Waals surface area contributed by atoms with Gasteiger partial charge in [-0.1, -0.05) is 36.9 Å². The number of rotatable bonds is 3. The van der Waals surface area contributed by atoms with E-state index in [1.54, 1.807) is 0 Å². The van der Waals surface area contributed by atoms with E-state index in [9.17, 15) is 4.79 Å². The lowest BCUT2D eigenvalue weighted by molar-refractivity contribution is -0.143. The second kappa shape index (κ2) is 5.17. The van der Waals surface area contributed by atoms with Gasteiger partial charge in [0, 0.05) is 12.1 Å². The zero-order valence-corrected chi connectivity index (χ0v) is 11.0. The topological polar surface area (TPSA) is 38.3 Å². The fourth-order valence-corrected chi connectivity index (χ4v) is 3.08. The standard InChI is InChI=1S/C16H19NO2/c1-11(12-5-3-2-4-6-12)16(18)19-15-9-13-7-8-14(10-15)17-13/h2-6,13-15,17H,1,7-10H2. The summed E-state index contributed by atoms with van der Waals surface area (Å²) >= 11 is 0. The summed E-state index contributed by atoms with van der Waals surface area (Å²) in [6, 6.07) is 10.6.